The molecule has 1 aromatic heterocycles. The van der Waals surface area contributed by atoms with E-state index in [-0.39, 0.29) is 11.5 Å². The van der Waals surface area contributed by atoms with Gasteiger partial charge in [0.1, 0.15) is 0 Å². The van der Waals surface area contributed by atoms with Crippen molar-refractivity contribution < 1.29 is 9.72 Å². The molecule has 0 N–H and O–H groups in total. The molecule has 1 heterocycles. The SMILES string of the molecule is CC(=O)c1cc([N+](=O)[O-])c(N(C)C)s1. The summed E-state index contributed by atoms with van der Waals surface area (Å²) in [7, 11) is 3.42. The van der Waals surface area contributed by atoms with Gasteiger partial charge in [-0.05, 0) is 6.92 Å². The van der Waals surface area contributed by atoms with E-state index in [0.29, 0.717) is 9.88 Å². The van der Waals surface area contributed by atoms with Gasteiger partial charge in [0.05, 0.1) is 9.80 Å². The number of carbonyl (C=O) groups excluding carboxylic acids is 1. The van der Waals surface area contributed by atoms with E-state index in [4.69, 9.17) is 0 Å². The highest BCUT2D eigenvalue weighted by Crippen LogP contribution is 2.36. The van der Waals surface area contributed by atoms with Crippen molar-refractivity contribution in [2.24, 2.45) is 0 Å². The second-order valence-corrected chi connectivity index (χ2v) is 4.04. The third kappa shape index (κ3) is 1.90. The van der Waals surface area contributed by atoms with Crippen LogP contribution in [0.25, 0.3) is 0 Å². The summed E-state index contributed by atoms with van der Waals surface area (Å²) in [5.74, 6) is -0.147. The number of Topliss-reactive ketones (excluding diaryl/α,β-unsaturated/α-hetero) is 1. The number of ketones is 1. The zero-order valence-electron chi connectivity index (χ0n) is 8.10. The van der Waals surface area contributed by atoms with Crippen LogP contribution in [0.4, 0.5) is 10.7 Å². The number of anilines is 1. The number of thiophene rings is 1. The van der Waals surface area contributed by atoms with Gasteiger partial charge in [-0.15, -0.1) is 11.3 Å². The molecule has 0 radical (unpaired) electrons. The molecule has 5 nitrogen and oxygen atoms in total. The highest BCUT2D eigenvalue weighted by Gasteiger charge is 2.21. The van der Waals surface area contributed by atoms with Crippen LogP contribution in [0.3, 0.4) is 0 Å². The molecular formula is C8H10N2O3S. The van der Waals surface area contributed by atoms with Crippen LogP contribution in [0.1, 0.15) is 16.6 Å². The second kappa shape index (κ2) is 3.75. The lowest BCUT2D eigenvalue weighted by molar-refractivity contribution is -0.383. The molecule has 76 valence electrons. The Hall–Kier alpha value is -1.43. The fraction of sp³-hybridized carbons (Fsp3) is 0.375. The Kier molecular flexibility index (Phi) is 2.85. The number of hydrogen-bond acceptors (Lipinski definition) is 5. The van der Waals surface area contributed by atoms with Crippen LogP contribution in [0.15, 0.2) is 6.07 Å². The average Bonchev–Trinajstić information content (AvgIpc) is 2.47. The highest BCUT2D eigenvalue weighted by molar-refractivity contribution is 7.18. The molecule has 0 saturated heterocycles. The monoisotopic (exact) mass is 214 g/mol. The standard InChI is InChI=1S/C8H10N2O3S/c1-5(11)7-4-6(10(12)13)8(14-7)9(2)3/h4H,1-3H3. The van der Waals surface area contributed by atoms with Crippen molar-refractivity contribution in [1.29, 1.82) is 0 Å². The molecule has 0 fully saturated rings. The van der Waals surface area contributed by atoms with Crippen LogP contribution >= 0.6 is 11.3 Å². The minimum absolute atomic E-state index is 0.00907. The number of hydrogen-bond donors (Lipinski definition) is 0. The predicted octanol–water partition coefficient (Wildman–Crippen LogP) is 1.92. The van der Waals surface area contributed by atoms with Gasteiger partial charge in [-0.1, -0.05) is 0 Å². The molecule has 0 atom stereocenters. The molecule has 0 amide bonds. The minimum atomic E-state index is -0.474. The van der Waals surface area contributed by atoms with E-state index in [1.165, 1.54) is 13.0 Å². The van der Waals surface area contributed by atoms with Crippen LogP contribution < -0.4 is 4.90 Å². The van der Waals surface area contributed by atoms with Gasteiger partial charge in [0.25, 0.3) is 0 Å². The van der Waals surface area contributed by atoms with E-state index in [2.05, 4.69) is 0 Å². The number of rotatable bonds is 3. The van der Waals surface area contributed by atoms with Crippen LogP contribution in [0.5, 0.6) is 0 Å². The van der Waals surface area contributed by atoms with Crippen molar-refractivity contribution in [3.63, 3.8) is 0 Å². The van der Waals surface area contributed by atoms with Gasteiger partial charge in [-0.25, -0.2) is 0 Å². The Bertz CT molecular complexity index is 384. The molecule has 14 heavy (non-hydrogen) atoms. The van der Waals surface area contributed by atoms with Gasteiger partial charge in [-0.3, -0.25) is 14.9 Å². The Morgan fingerprint density at radius 1 is 1.57 bits per heavy atom. The quantitative estimate of drug-likeness (QED) is 0.438. The van der Waals surface area contributed by atoms with Crippen LogP contribution in [-0.2, 0) is 0 Å². The lowest BCUT2D eigenvalue weighted by atomic mass is 10.3. The number of nitrogens with zero attached hydrogens (tertiary/aromatic N) is 2. The van der Waals surface area contributed by atoms with Crippen LogP contribution in [-0.4, -0.2) is 24.8 Å². The van der Waals surface area contributed by atoms with Gasteiger partial charge in [-0.2, -0.15) is 0 Å². The molecule has 1 rings (SSSR count). The van der Waals surface area contributed by atoms with E-state index < -0.39 is 4.92 Å². The van der Waals surface area contributed by atoms with Crippen molar-refractivity contribution in [2.45, 2.75) is 6.92 Å². The summed E-state index contributed by atoms with van der Waals surface area (Å²) in [4.78, 5) is 23.2. The first-order valence-corrected chi connectivity index (χ1v) is 4.71. The lowest BCUT2D eigenvalue weighted by Gasteiger charge is -2.07. The molecule has 0 aliphatic heterocycles. The van der Waals surface area contributed by atoms with Crippen molar-refractivity contribution >= 4 is 27.8 Å². The summed E-state index contributed by atoms with van der Waals surface area (Å²) in [6.07, 6.45) is 0. The van der Waals surface area contributed by atoms with E-state index in [0.717, 1.165) is 11.3 Å². The molecular weight excluding hydrogens is 204 g/mol. The summed E-state index contributed by atoms with van der Waals surface area (Å²) < 4.78 is 0. The molecule has 6 heteroatoms. The molecule has 0 spiro atoms. The first-order chi connectivity index (χ1) is 6.43. The summed E-state index contributed by atoms with van der Waals surface area (Å²) in [6.45, 7) is 1.40. The van der Waals surface area contributed by atoms with Crippen molar-refractivity contribution in [3.8, 4) is 0 Å². The van der Waals surface area contributed by atoms with Crippen molar-refractivity contribution in [2.75, 3.05) is 19.0 Å². The Labute approximate surface area is 85.1 Å². The van der Waals surface area contributed by atoms with Gasteiger partial charge < -0.3 is 4.90 Å². The maximum absolute atomic E-state index is 11.0. The van der Waals surface area contributed by atoms with E-state index in [9.17, 15) is 14.9 Å². The zero-order valence-corrected chi connectivity index (χ0v) is 8.92. The topological polar surface area (TPSA) is 63.4 Å². The third-order valence-corrected chi connectivity index (χ3v) is 3.04. The predicted molar refractivity (Wildman–Crippen MR) is 55.3 cm³/mol. The van der Waals surface area contributed by atoms with E-state index >= 15 is 0 Å². The number of nitro groups is 1. The molecule has 0 saturated carbocycles. The molecule has 0 aliphatic carbocycles. The Balaban J connectivity index is 3.26. The lowest BCUT2D eigenvalue weighted by Crippen LogP contribution is -2.08. The first-order valence-electron chi connectivity index (χ1n) is 3.90. The largest absolute Gasteiger partial charge is 0.364 e. The summed E-state index contributed by atoms with van der Waals surface area (Å²) in [5, 5.41) is 11.1. The van der Waals surface area contributed by atoms with Crippen LogP contribution in [0.2, 0.25) is 0 Å². The molecule has 1 aromatic rings. The van der Waals surface area contributed by atoms with Gasteiger partial charge in [0, 0.05) is 20.2 Å². The Morgan fingerprint density at radius 2 is 2.14 bits per heavy atom. The summed E-state index contributed by atoms with van der Waals surface area (Å²) in [5.41, 5.74) is -0.00907. The summed E-state index contributed by atoms with van der Waals surface area (Å²) in [6, 6.07) is 1.32. The minimum Gasteiger partial charge on any atom is -0.364 e. The first kappa shape index (κ1) is 10.6. The molecule has 0 aliphatic rings. The van der Waals surface area contributed by atoms with Gasteiger partial charge in [0.15, 0.2) is 10.8 Å². The average molecular weight is 214 g/mol. The normalized spacial score (nSPS) is 9.93. The third-order valence-electron chi connectivity index (χ3n) is 1.64. The maximum Gasteiger partial charge on any atom is 0.304 e. The van der Waals surface area contributed by atoms with Crippen molar-refractivity contribution in [1.82, 2.24) is 0 Å². The highest BCUT2D eigenvalue weighted by atomic mass is 32.1. The molecule has 0 unspecified atom stereocenters. The molecule has 0 aromatic carbocycles. The van der Waals surface area contributed by atoms with Gasteiger partial charge >= 0.3 is 5.69 Å². The second-order valence-electron chi connectivity index (χ2n) is 3.01. The van der Waals surface area contributed by atoms with Crippen molar-refractivity contribution in [3.05, 3.63) is 21.1 Å². The van der Waals surface area contributed by atoms with E-state index in [1.54, 1.807) is 19.0 Å². The fourth-order valence-electron chi connectivity index (χ4n) is 0.996. The van der Waals surface area contributed by atoms with E-state index in [1.807, 2.05) is 0 Å². The number of carbonyl (C=O) groups is 1. The van der Waals surface area contributed by atoms with Gasteiger partial charge in [0.2, 0.25) is 0 Å². The Morgan fingerprint density at radius 3 is 2.43 bits per heavy atom. The smallest absolute Gasteiger partial charge is 0.304 e. The maximum atomic E-state index is 11.0. The van der Waals surface area contributed by atoms with Crippen LogP contribution in [0, 0.1) is 10.1 Å². The summed E-state index contributed by atoms with van der Waals surface area (Å²) >= 11 is 1.14. The molecule has 0 bridgehead atoms. The fourth-order valence-corrected chi connectivity index (χ4v) is 1.94. The zero-order chi connectivity index (χ0) is 10.9.